The van der Waals surface area contributed by atoms with Gasteiger partial charge in [0.2, 0.25) is 5.91 Å². The van der Waals surface area contributed by atoms with E-state index in [9.17, 15) is 4.79 Å². The summed E-state index contributed by atoms with van der Waals surface area (Å²) in [6.45, 7) is 7.26. The maximum Gasteiger partial charge on any atom is 0.238 e. The largest absolute Gasteiger partial charge is 0.325 e. The second-order valence-corrected chi connectivity index (χ2v) is 6.65. The summed E-state index contributed by atoms with van der Waals surface area (Å²) in [6.07, 6.45) is 1.05. The summed E-state index contributed by atoms with van der Waals surface area (Å²) in [4.78, 5) is 14.8. The van der Waals surface area contributed by atoms with E-state index in [1.54, 1.807) is 0 Å². The fourth-order valence-electron chi connectivity index (χ4n) is 3.33. The Kier molecular flexibility index (Phi) is 7.64. The Balaban J connectivity index is 0.00000243. The van der Waals surface area contributed by atoms with Crippen LogP contribution in [-0.4, -0.2) is 37.0 Å². The molecule has 2 N–H and O–H groups in total. The Morgan fingerprint density at radius 1 is 1.19 bits per heavy atom. The lowest BCUT2D eigenvalue weighted by atomic mass is 10.0. The number of hydrogen-bond acceptors (Lipinski definition) is 3. The molecule has 26 heavy (non-hydrogen) atoms. The van der Waals surface area contributed by atoms with Gasteiger partial charge in [-0.15, -0.1) is 12.4 Å². The van der Waals surface area contributed by atoms with E-state index >= 15 is 0 Å². The van der Waals surface area contributed by atoms with Crippen molar-refractivity contribution in [1.82, 2.24) is 10.2 Å². The molecule has 1 atom stereocenters. The number of piperazine rings is 1. The van der Waals surface area contributed by atoms with Crippen molar-refractivity contribution in [2.45, 2.75) is 26.3 Å². The number of hydrogen-bond donors (Lipinski definition) is 2. The van der Waals surface area contributed by atoms with Crippen molar-refractivity contribution in [1.29, 1.82) is 0 Å². The number of aryl methyl sites for hydroxylation is 2. The zero-order valence-corrected chi connectivity index (χ0v) is 16.3. The Hall–Kier alpha value is -1.88. The third kappa shape index (κ3) is 5.07. The fourth-order valence-corrected chi connectivity index (χ4v) is 3.33. The second kappa shape index (κ2) is 9.72. The summed E-state index contributed by atoms with van der Waals surface area (Å²) in [5, 5.41) is 6.50. The molecule has 2 aromatic rings. The molecule has 0 spiro atoms. The van der Waals surface area contributed by atoms with E-state index in [0.717, 1.165) is 37.3 Å². The van der Waals surface area contributed by atoms with Gasteiger partial charge in [-0.3, -0.25) is 9.69 Å². The van der Waals surface area contributed by atoms with Gasteiger partial charge in [-0.2, -0.15) is 0 Å². The normalized spacial score (nSPS) is 17.4. The van der Waals surface area contributed by atoms with Crippen LogP contribution in [0.2, 0.25) is 0 Å². The molecule has 140 valence electrons. The monoisotopic (exact) mass is 373 g/mol. The molecule has 0 aromatic heterocycles. The van der Waals surface area contributed by atoms with Crippen LogP contribution in [0.1, 0.15) is 29.7 Å². The number of para-hydroxylation sites is 1. The summed E-state index contributed by atoms with van der Waals surface area (Å²) >= 11 is 0. The molecule has 1 unspecified atom stereocenters. The van der Waals surface area contributed by atoms with Crippen LogP contribution in [-0.2, 0) is 11.2 Å². The molecule has 1 aliphatic rings. The minimum absolute atomic E-state index is 0. The van der Waals surface area contributed by atoms with Crippen LogP contribution in [0.15, 0.2) is 48.5 Å². The molecule has 0 radical (unpaired) electrons. The molecule has 5 heteroatoms. The predicted molar refractivity (Wildman–Crippen MR) is 110 cm³/mol. The first kappa shape index (κ1) is 20.4. The molecule has 0 aliphatic carbocycles. The smallest absolute Gasteiger partial charge is 0.238 e. The van der Waals surface area contributed by atoms with Crippen molar-refractivity contribution in [3.8, 4) is 0 Å². The highest BCUT2D eigenvalue weighted by Gasteiger charge is 2.25. The lowest BCUT2D eigenvalue weighted by Gasteiger charge is -2.36. The molecule has 1 fully saturated rings. The average molecular weight is 374 g/mol. The van der Waals surface area contributed by atoms with Crippen LogP contribution in [0.5, 0.6) is 0 Å². The number of halogens is 1. The lowest BCUT2D eigenvalue weighted by molar-refractivity contribution is -0.118. The van der Waals surface area contributed by atoms with Gasteiger partial charge in [0.05, 0.1) is 6.54 Å². The lowest BCUT2D eigenvalue weighted by Crippen LogP contribution is -2.48. The van der Waals surface area contributed by atoms with E-state index in [2.05, 4.69) is 46.7 Å². The van der Waals surface area contributed by atoms with E-state index in [-0.39, 0.29) is 24.4 Å². The van der Waals surface area contributed by atoms with Gasteiger partial charge in [-0.05, 0) is 36.1 Å². The third-order valence-electron chi connectivity index (χ3n) is 4.89. The summed E-state index contributed by atoms with van der Waals surface area (Å²) in [7, 11) is 0. The maximum atomic E-state index is 12.5. The number of benzene rings is 2. The molecule has 4 nitrogen and oxygen atoms in total. The van der Waals surface area contributed by atoms with Gasteiger partial charge < -0.3 is 10.6 Å². The Morgan fingerprint density at radius 3 is 2.62 bits per heavy atom. The minimum Gasteiger partial charge on any atom is -0.325 e. The van der Waals surface area contributed by atoms with Crippen LogP contribution >= 0.6 is 12.4 Å². The second-order valence-electron chi connectivity index (χ2n) is 6.65. The van der Waals surface area contributed by atoms with Gasteiger partial charge in [0.15, 0.2) is 0 Å². The van der Waals surface area contributed by atoms with Crippen molar-refractivity contribution < 1.29 is 4.79 Å². The van der Waals surface area contributed by atoms with Crippen molar-refractivity contribution in [3.63, 3.8) is 0 Å². The van der Waals surface area contributed by atoms with Gasteiger partial charge >= 0.3 is 0 Å². The molecular formula is C21H28ClN3O. The first-order valence-corrected chi connectivity index (χ1v) is 9.06. The quantitative estimate of drug-likeness (QED) is 0.842. The van der Waals surface area contributed by atoms with Gasteiger partial charge in [-0.1, -0.05) is 49.4 Å². The Bertz CT molecular complexity index is 717. The third-order valence-corrected chi connectivity index (χ3v) is 4.89. The van der Waals surface area contributed by atoms with Gasteiger partial charge in [0.1, 0.15) is 0 Å². The van der Waals surface area contributed by atoms with E-state index in [1.165, 1.54) is 11.1 Å². The first-order chi connectivity index (χ1) is 12.2. The van der Waals surface area contributed by atoms with Crippen LogP contribution in [0.4, 0.5) is 5.69 Å². The number of carbonyl (C=O) groups excluding carboxylic acids is 1. The summed E-state index contributed by atoms with van der Waals surface area (Å²) in [5.41, 5.74) is 4.60. The maximum absolute atomic E-state index is 12.5. The van der Waals surface area contributed by atoms with Gasteiger partial charge in [-0.25, -0.2) is 0 Å². The summed E-state index contributed by atoms with van der Waals surface area (Å²) < 4.78 is 0. The molecule has 0 bridgehead atoms. The molecule has 1 amide bonds. The van der Waals surface area contributed by atoms with Crippen molar-refractivity contribution in [3.05, 3.63) is 65.2 Å². The number of carbonyl (C=O) groups is 1. The number of rotatable bonds is 5. The number of amides is 1. The van der Waals surface area contributed by atoms with Gasteiger partial charge in [0, 0.05) is 31.4 Å². The number of anilines is 1. The molecular weight excluding hydrogens is 346 g/mol. The Labute approximate surface area is 162 Å². The van der Waals surface area contributed by atoms with Crippen molar-refractivity contribution in [2.24, 2.45) is 0 Å². The Morgan fingerprint density at radius 2 is 1.92 bits per heavy atom. The highest BCUT2D eigenvalue weighted by atomic mass is 35.5. The first-order valence-electron chi connectivity index (χ1n) is 9.06. The van der Waals surface area contributed by atoms with E-state index in [1.807, 2.05) is 31.2 Å². The number of nitrogens with one attached hydrogen (secondary N) is 2. The van der Waals surface area contributed by atoms with Crippen molar-refractivity contribution in [2.75, 3.05) is 31.5 Å². The SMILES string of the molecule is CCc1ccc(C2CNCCN2CC(=O)Nc2ccccc2C)cc1.Cl. The molecule has 1 aliphatic heterocycles. The highest BCUT2D eigenvalue weighted by molar-refractivity contribution is 5.93. The van der Waals surface area contributed by atoms with Crippen LogP contribution in [0, 0.1) is 6.92 Å². The summed E-state index contributed by atoms with van der Waals surface area (Å²) in [5.74, 6) is 0.0476. The van der Waals surface area contributed by atoms with E-state index in [4.69, 9.17) is 0 Å². The highest BCUT2D eigenvalue weighted by Crippen LogP contribution is 2.23. The zero-order valence-electron chi connectivity index (χ0n) is 15.5. The van der Waals surface area contributed by atoms with E-state index in [0.29, 0.717) is 6.54 Å². The van der Waals surface area contributed by atoms with Crippen LogP contribution < -0.4 is 10.6 Å². The molecule has 2 aromatic carbocycles. The molecule has 3 rings (SSSR count). The average Bonchev–Trinajstić information content (AvgIpc) is 2.64. The topological polar surface area (TPSA) is 44.4 Å². The van der Waals surface area contributed by atoms with Crippen LogP contribution in [0.25, 0.3) is 0 Å². The summed E-state index contributed by atoms with van der Waals surface area (Å²) in [6, 6.07) is 16.9. The minimum atomic E-state index is 0. The standard InChI is InChI=1S/C21H27N3O.ClH/c1-3-17-8-10-18(11-9-17)20-14-22-12-13-24(20)15-21(25)23-19-7-5-4-6-16(19)2;/h4-11,20,22H,3,12-15H2,1-2H3,(H,23,25);1H. The molecule has 1 heterocycles. The molecule has 0 saturated carbocycles. The predicted octanol–water partition coefficient (Wildman–Crippen LogP) is 3.56. The van der Waals surface area contributed by atoms with Crippen molar-refractivity contribution >= 4 is 24.0 Å². The van der Waals surface area contributed by atoms with E-state index < -0.39 is 0 Å². The molecule has 1 saturated heterocycles. The van der Waals surface area contributed by atoms with Crippen LogP contribution in [0.3, 0.4) is 0 Å². The van der Waals surface area contributed by atoms with Gasteiger partial charge in [0.25, 0.3) is 0 Å². The zero-order chi connectivity index (χ0) is 17.6. The number of nitrogens with zero attached hydrogens (tertiary/aromatic N) is 1. The fraction of sp³-hybridized carbons (Fsp3) is 0.381.